The number of piperazine rings is 1. The Balaban J connectivity index is 1.50. The van der Waals surface area contributed by atoms with E-state index in [1.807, 2.05) is 4.90 Å². The lowest BCUT2D eigenvalue weighted by molar-refractivity contribution is -0.146. The van der Waals surface area contributed by atoms with Crippen LogP contribution in [-0.2, 0) is 16.1 Å². The van der Waals surface area contributed by atoms with Crippen LogP contribution in [0.4, 0.5) is 10.1 Å². The fraction of sp³-hybridized carbons (Fsp3) is 0.263. The molecule has 7 heteroatoms. The number of carbonyl (C=O) groups is 2. The normalized spacial score (nSPS) is 14.2. The van der Waals surface area contributed by atoms with Crippen molar-refractivity contribution in [2.24, 2.45) is 0 Å². The third-order valence-electron chi connectivity index (χ3n) is 4.32. The molecule has 1 fully saturated rings. The summed E-state index contributed by atoms with van der Waals surface area (Å²) in [6.45, 7) is 1.98. The van der Waals surface area contributed by atoms with Crippen LogP contribution in [0.5, 0.6) is 0 Å². The van der Waals surface area contributed by atoms with Crippen molar-refractivity contribution in [3.63, 3.8) is 0 Å². The van der Waals surface area contributed by atoms with Gasteiger partial charge in [0.1, 0.15) is 5.82 Å². The van der Waals surface area contributed by atoms with Crippen LogP contribution in [0.1, 0.15) is 5.56 Å². The van der Waals surface area contributed by atoms with E-state index in [-0.39, 0.29) is 12.4 Å². The zero-order valence-corrected chi connectivity index (χ0v) is 14.9. The minimum Gasteiger partial charge on any atom is -0.366 e. The molecule has 0 atom stereocenters. The second-order valence-corrected chi connectivity index (χ2v) is 6.48. The number of rotatable bonds is 3. The summed E-state index contributed by atoms with van der Waals surface area (Å²) in [7, 11) is 0. The summed E-state index contributed by atoms with van der Waals surface area (Å²) in [6.07, 6.45) is 0. The van der Waals surface area contributed by atoms with E-state index in [2.05, 4.69) is 5.32 Å². The Hall–Kier alpha value is -2.60. The maximum atomic E-state index is 13.9. The maximum Gasteiger partial charge on any atom is 0.312 e. The first kappa shape index (κ1) is 18.2. The molecule has 0 radical (unpaired) electrons. The Labute approximate surface area is 156 Å². The van der Waals surface area contributed by atoms with E-state index in [0.717, 1.165) is 5.56 Å². The molecular formula is C19H19ClFN3O2. The zero-order valence-electron chi connectivity index (χ0n) is 14.1. The molecule has 0 aliphatic carbocycles. The summed E-state index contributed by atoms with van der Waals surface area (Å²) < 4.78 is 13.9. The van der Waals surface area contributed by atoms with E-state index in [4.69, 9.17) is 11.6 Å². The lowest BCUT2D eigenvalue weighted by atomic mass is 10.2. The summed E-state index contributed by atoms with van der Waals surface area (Å²) in [5.41, 5.74) is 1.38. The van der Waals surface area contributed by atoms with Gasteiger partial charge in [-0.2, -0.15) is 0 Å². The van der Waals surface area contributed by atoms with Gasteiger partial charge in [0.2, 0.25) is 0 Å². The molecule has 0 saturated carbocycles. The average Bonchev–Trinajstić information content (AvgIpc) is 2.67. The lowest BCUT2D eigenvalue weighted by Gasteiger charge is -2.35. The number of amides is 2. The van der Waals surface area contributed by atoms with E-state index >= 15 is 0 Å². The molecule has 26 heavy (non-hydrogen) atoms. The number of anilines is 1. The SMILES string of the molecule is O=C(NCc1ccc(Cl)cc1)C(=O)N1CCN(c2ccccc2F)CC1. The highest BCUT2D eigenvalue weighted by Gasteiger charge is 2.26. The van der Waals surface area contributed by atoms with Gasteiger partial charge < -0.3 is 15.1 Å². The van der Waals surface area contributed by atoms with Crippen molar-refractivity contribution in [3.05, 3.63) is 64.9 Å². The Kier molecular flexibility index (Phi) is 5.73. The second-order valence-electron chi connectivity index (χ2n) is 6.04. The van der Waals surface area contributed by atoms with Crippen molar-refractivity contribution in [2.75, 3.05) is 31.1 Å². The largest absolute Gasteiger partial charge is 0.366 e. The first-order valence-electron chi connectivity index (χ1n) is 8.35. The fourth-order valence-electron chi connectivity index (χ4n) is 2.86. The van der Waals surface area contributed by atoms with Gasteiger partial charge in [-0.25, -0.2) is 4.39 Å². The number of halogens is 2. The zero-order chi connectivity index (χ0) is 18.5. The topological polar surface area (TPSA) is 52.7 Å². The van der Waals surface area contributed by atoms with Crippen molar-refractivity contribution in [3.8, 4) is 0 Å². The van der Waals surface area contributed by atoms with Gasteiger partial charge in [-0.1, -0.05) is 35.9 Å². The molecule has 3 rings (SSSR count). The molecule has 1 aliphatic rings. The third-order valence-corrected chi connectivity index (χ3v) is 4.57. The molecule has 1 aliphatic heterocycles. The molecule has 0 aromatic heterocycles. The summed E-state index contributed by atoms with van der Waals surface area (Å²) in [5.74, 6) is -1.49. The van der Waals surface area contributed by atoms with Crippen molar-refractivity contribution in [1.82, 2.24) is 10.2 Å². The van der Waals surface area contributed by atoms with Crippen LogP contribution in [0.25, 0.3) is 0 Å². The molecule has 0 unspecified atom stereocenters. The number of carbonyl (C=O) groups excluding carboxylic acids is 2. The molecule has 1 heterocycles. The molecule has 5 nitrogen and oxygen atoms in total. The van der Waals surface area contributed by atoms with Gasteiger partial charge in [0.25, 0.3) is 0 Å². The number of para-hydroxylation sites is 1. The van der Waals surface area contributed by atoms with E-state index in [9.17, 15) is 14.0 Å². The molecule has 136 valence electrons. The number of nitrogens with one attached hydrogen (secondary N) is 1. The van der Waals surface area contributed by atoms with Gasteiger partial charge in [0.05, 0.1) is 5.69 Å². The van der Waals surface area contributed by atoms with Gasteiger partial charge in [-0.15, -0.1) is 0 Å². The van der Waals surface area contributed by atoms with Crippen molar-refractivity contribution in [1.29, 1.82) is 0 Å². The summed E-state index contributed by atoms with van der Waals surface area (Å²) in [4.78, 5) is 27.7. The Bertz CT molecular complexity index is 790. The third kappa shape index (κ3) is 4.32. The first-order chi connectivity index (χ1) is 12.5. The quantitative estimate of drug-likeness (QED) is 0.838. The minimum absolute atomic E-state index is 0.261. The van der Waals surface area contributed by atoms with Crippen molar-refractivity contribution >= 4 is 29.1 Å². The van der Waals surface area contributed by atoms with Gasteiger partial charge >= 0.3 is 11.8 Å². The van der Waals surface area contributed by atoms with E-state index in [1.54, 1.807) is 42.5 Å². The van der Waals surface area contributed by atoms with Crippen LogP contribution in [0.15, 0.2) is 48.5 Å². The Morgan fingerprint density at radius 1 is 1.00 bits per heavy atom. The molecule has 2 aromatic rings. The average molecular weight is 376 g/mol. The van der Waals surface area contributed by atoms with Crippen LogP contribution in [0.3, 0.4) is 0 Å². The van der Waals surface area contributed by atoms with Crippen molar-refractivity contribution < 1.29 is 14.0 Å². The number of hydrogen-bond donors (Lipinski definition) is 1. The summed E-state index contributed by atoms with van der Waals surface area (Å²) >= 11 is 5.82. The van der Waals surface area contributed by atoms with E-state index < -0.39 is 11.8 Å². The van der Waals surface area contributed by atoms with Crippen LogP contribution >= 0.6 is 11.6 Å². The maximum absolute atomic E-state index is 13.9. The minimum atomic E-state index is -0.640. The standard InChI is InChI=1S/C19H19ClFN3O2/c20-15-7-5-14(6-8-15)13-22-18(25)19(26)24-11-9-23(10-12-24)17-4-2-1-3-16(17)21/h1-8H,9-13H2,(H,22,25). The number of hydrogen-bond acceptors (Lipinski definition) is 3. The van der Waals surface area contributed by atoms with Gasteiger partial charge in [0, 0.05) is 37.7 Å². The molecule has 1 N–H and O–H groups in total. The van der Waals surface area contributed by atoms with E-state index in [0.29, 0.717) is 36.9 Å². The Morgan fingerprint density at radius 2 is 1.65 bits per heavy atom. The molecule has 2 amide bonds. The summed E-state index contributed by atoms with van der Waals surface area (Å²) in [6, 6.07) is 13.6. The lowest BCUT2D eigenvalue weighted by Crippen LogP contribution is -2.52. The van der Waals surface area contributed by atoms with Gasteiger partial charge in [0.15, 0.2) is 0 Å². The van der Waals surface area contributed by atoms with Crippen LogP contribution in [0, 0.1) is 5.82 Å². The fourth-order valence-corrected chi connectivity index (χ4v) is 2.99. The smallest absolute Gasteiger partial charge is 0.312 e. The van der Waals surface area contributed by atoms with Gasteiger partial charge in [-0.05, 0) is 29.8 Å². The predicted octanol–water partition coefficient (Wildman–Crippen LogP) is 2.44. The first-order valence-corrected chi connectivity index (χ1v) is 8.73. The van der Waals surface area contributed by atoms with E-state index in [1.165, 1.54) is 11.0 Å². The summed E-state index contributed by atoms with van der Waals surface area (Å²) in [5, 5.41) is 3.24. The predicted molar refractivity (Wildman–Crippen MR) is 98.5 cm³/mol. The Morgan fingerprint density at radius 3 is 2.31 bits per heavy atom. The van der Waals surface area contributed by atoms with Crippen LogP contribution < -0.4 is 10.2 Å². The number of nitrogens with zero attached hydrogens (tertiary/aromatic N) is 2. The van der Waals surface area contributed by atoms with Crippen molar-refractivity contribution in [2.45, 2.75) is 6.54 Å². The highest BCUT2D eigenvalue weighted by molar-refractivity contribution is 6.35. The van der Waals surface area contributed by atoms with Crippen LogP contribution in [0.2, 0.25) is 5.02 Å². The second kappa shape index (κ2) is 8.19. The molecule has 1 saturated heterocycles. The molecular weight excluding hydrogens is 357 g/mol. The molecule has 2 aromatic carbocycles. The highest BCUT2D eigenvalue weighted by atomic mass is 35.5. The number of benzene rings is 2. The molecule has 0 spiro atoms. The molecule has 0 bridgehead atoms. The van der Waals surface area contributed by atoms with Crippen LogP contribution in [-0.4, -0.2) is 42.9 Å². The van der Waals surface area contributed by atoms with Gasteiger partial charge in [-0.3, -0.25) is 9.59 Å². The monoisotopic (exact) mass is 375 g/mol. The highest BCUT2D eigenvalue weighted by Crippen LogP contribution is 2.20.